The van der Waals surface area contributed by atoms with E-state index in [4.69, 9.17) is 30.1 Å². The van der Waals surface area contributed by atoms with Crippen LogP contribution in [0.3, 0.4) is 0 Å². The van der Waals surface area contributed by atoms with Gasteiger partial charge in [-0.1, -0.05) is 6.92 Å². The highest BCUT2D eigenvalue weighted by atomic mass is 17.3. The van der Waals surface area contributed by atoms with Gasteiger partial charge in [0, 0.05) is 6.42 Å². The Kier molecular flexibility index (Phi) is 10.8. The summed E-state index contributed by atoms with van der Waals surface area (Å²) >= 11 is 0. The van der Waals surface area contributed by atoms with Crippen molar-refractivity contribution in [3.63, 3.8) is 0 Å². The fourth-order valence-electron chi connectivity index (χ4n) is 0.675. The molecule has 0 fully saturated rings. The van der Waals surface area contributed by atoms with Crippen LogP contribution in [0, 0.1) is 6.92 Å². The zero-order valence-corrected chi connectivity index (χ0v) is 12.2. The second-order valence-electron chi connectivity index (χ2n) is 5.66. The van der Waals surface area contributed by atoms with Crippen LogP contribution < -0.4 is 0 Å². The summed E-state index contributed by atoms with van der Waals surface area (Å²) in [5.41, 5.74) is -0.741. The molecule has 0 aliphatic heterocycles. The molecular weight excluding hydrogens is 240 g/mol. The van der Waals surface area contributed by atoms with Gasteiger partial charge in [0.15, 0.2) is 0 Å². The summed E-state index contributed by atoms with van der Waals surface area (Å²) in [6, 6.07) is 0. The Bertz CT molecular complexity index is 164. The Labute approximate surface area is 110 Å². The highest BCUT2D eigenvalue weighted by Gasteiger charge is 2.20. The summed E-state index contributed by atoms with van der Waals surface area (Å²) in [5, 5.41) is 12.0. The molecule has 0 saturated heterocycles. The normalized spacial score (nSPS) is 12.3. The van der Waals surface area contributed by atoms with Crippen molar-refractivity contribution in [1.82, 2.24) is 0 Å². The molecule has 0 aliphatic rings. The maximum absolute atomic E-state index is 6.00. The smallest absolute Gasteiger partial charge is 0.224 e. The molecule has 0 heterocycles. The quantitative estimate of drug-likeness (QED) is 0.436. The summed E-state index contributed by atoms with van der Waals surface area (Å²) in [5.74, 6) is 0. The van der Waals surface area contributed by atoms with E-state index in [0.717, 1.165) is 0 Å². The second kappa shape index (κ2) is 9.66. The van der Waals surface area contributed by atoms with Crippen molar-refractivity contribution >= 4 is 0 Å². The largest absolute Gasteiger partial charge is 0.255 e. The van der Waals surface area contributed by atoms with Crippen LogP contribution in [-0.4, -0.2) is 28.0 Å². The van der Waals surface area contributed by atoms with Gasteiger partial charge in [0.25, 0.3) is 0 Å². The third-order valence-electron chi connectivity index (χ3n) is 1.25. The van der Waals surface area contributed by atoms with E-state index in [1.165, 1.54) is 0 Å². The molecule has 0 aromatic heterocycles. The Morgan fingerprint density at radius 2 is 1.22 bits per heavy atom. The highest BCUT2D eigenvalue weighted by molar-refractivity contribution is 4.56. The molecule has 2 N–H and O–H groups in total. The molecule has 0 aromatic carbocycles. The first-order valence-electron chi connectivity index (χ1n) is 5.82. The molecule has 0 amide bonds. The maximum Gasteiger partial charge on any atom is 0.224 e. The van der Waals surface area contributed by atoms with Crippen LogP contribution in [-0.2, 0) is 19.6 Å². The van der Waals surface area contributed by atoms with Crippen molar-refractivity contribution in [2.45, 2.75) is 71.9 Å². The first-order chi connectivity index (χ1) is 8.14. The standard InChI is InChI=1S/C12H25O4.H2O2/c1-8-9-10(13-15-11(2,3)4)14-16-12(5,6)7;1-2/h10H,1,8-9H2,2-7H3;1-2H. The predicted octanol–water partition coefficient (Wildman–Crippen LogP) is 3.44. The van der Waals surface area contributed by atoms with Crippen LogP contribution in [0.25, 0.3) is 0 Å². The molecule has 0 aromatic rings. The molecular formula is C12H27O6. The van der Waals surface area contributed by atoms with Gasteiger partial charge in [-0.2, -0.15) is 0 Å². The van der Waals surface area contributed by atoms with E-state index in [1.807, 2.05) is 41.5 Å². The van der Waals surface area contributed by atoms with E-state index in [0.29, 0.717) is 12.8 Å². The average molecular weight is 267 g/mol. The van der Waals surface area contributed by atoms with Gasteiger partial charge in [0.1, 0.15) is 0 Å². The average Bonchev–Trinajstić information content (AvgIpc) is 2.23. The Morgan fingerprint density at radius 1 is 0.889 bits per heavy atom. The van der Waals surface area contributed by atoms with Crippen LogP contribution in [0.2, 0.25) is 0 Å². The molecule has 0 bridgehead atoms. The van der Waals surface area contributed by atoms with Crippen LogP contribution in [0.4, 0.5) is 0 Å². The fraction of sp³-hybridized carbons (Fsp3) is 0.917. The SMILES string of the molecule is OO.[CH2]CCC(OOC(C)(C)C)OOC(C)(C)C. The Morgan fingerprint density at radius 3 is 1.44 bits per heavy atom. The lowest BCUT2D eigenvalue weighted by Gasteiger charge is -2.25. The second-order valence-corrected chi connectivity index (χ2v) is 5.66. The third-order valence-corrected chi connectivity index (χ3v) is 1.25. The van der Waals surface area contributed by atoms with Gasteiger partial charge in [-0.15, -0.1) is 0 Å². The van der Waals surface area contributed by atoms with E-state index in [2.05, 4.69) is 6.92 Å². The maximum atomic E-state index is 6.00. The van der Waals surface area contributed by atoms with Gasteiger partial charge in [-0.05, 0) is 48.0 Å². The van der Waals surface area contributed by atoms with Crippen molar-refractivity contribution in [2.24, 2.45) is 0 Å². The summed E-state index contributed by atoms with van der Waals surface area (Å²) < 4.78 is 0. The van der Waals surface area contributed by atoms with E-state index in [1.54, 1.807) is 0 Å². The zero-order valence-electron chi connectivity index (χ0n) is 12.2. The van der Waals surface area contributed by atoms with E-state index in [9.17, 15) is 0 Å². The minimum atomic E-state index is -0.545. The van der Waals surface area contributed by atoms with Crippen LogP contribution in [0.5, 0.6) is 0 Å². The molecule has 0 rings (SSSR count). The summed E-state index contributed by atoms with van der Waals surface area (Å²) in [7, 11) is 0. The first-order valence-corrected chi connectivity index (χ1v) is 5.82. The van der Waals surface area contributed by atoms with Crippen molar-refractivity contribution in [2.75, 3.05) is 0 Å². The molecule has 111 valence electrons. The van der Waals surface area contributed by atoms with E-state index in [-0.39, 0.29) is 11.2 Å². The van der Waals surface area contributed by atoms with Gasteiger partial charge < -0.3 is 0 Å². The summed E-state index contributed by atoms with van der Waals surface area (Å²) in [6.07, 6.45) is 0.758. The summed E-state index contributed by atoms with van der Waals surface area (Å²) in [4.78, 5) is 20.7. The minimum absolute atomic E-state index is 0.371. The van der Waals surface area contributed by atoms with Crippen molar-refractivity contribution in [1.29, 1.82) is 0 Å². The van der Waals surface area contributed by atoms with Crippen molar-refractivity contribution in [3.05, 3.63) is 6.92 Å². The molecule has 0 atom stereocenters. The number of hydrogen-bond acceptors (Lipinski definition) is 6. The van der Waals surface area contributed by atoms with Crippen LogP contribution in [0.1, 0.15) is 54.4 Å². The molecule has 18 heavy (non-hydrogen) atoms. The molecule has 0 spiro atoms. The van der Waals surface area contributed by atoms with Crippen LogP contribution >= 0.6 is 0 Å². The van der Waals surface area contributed by atoms with Gasteiger partial charge in [0.05, 0.1) is 11.2 Å². The van der Waals surface area contributed by atoms with E-state index >= 15 is 0 Å². The topological polar surface area (TPSA) is 77.4 Å². The number of hydrogen-bond donors (Lipinski definition) is 2. The van der Waals surface area contributed by atoms with Crippen molar-refractivity contribution < 1.29 is 30.1 Å². The minimum Gasteiger partial charge on any atom is -0.255 e. The number of rotatable bonds is 6. The molecule has 1 radical (unpaired) electrons. The lowest BCUT2D eigenvalue weighted by atomic mass is 10.2. The van der Waals surface area contributed by atoms with E-state index < -0.39 is 6.29 Å². The molecule has 6 heteroatoms. The molecule has 6 nitrogen and oxygen atoms in total. The fourth-order valence-corrected chi connectivity index (χ4v) is 0.675. The monoisotopic (exact) mass is 267 g/mol. The molecule has 0 saturated carbocycles. The first kappa shape index (κ1) is 20.1. The van der Waals surface area contributed by atoms with Gasteiger partial charge >= 0.3 is 0 Å². The molecule has 0 aliphatic carbocycles. The van der Waals surface area contributed by atoms with Gasteiger partial charge in [0.2, 0.25) is 6.29 Å². The lowest BCUT2D eigenvalue weighted by molar-refractivity contribution is -0.497. The zero-order chi connectivity index (χ0) is 14.8. The van der Waals surface area contributed by atoms with Crippen molar-refractivity contribution in [3.8, 4) is 0 Å². The Hall–Kier alpha value is -0.240. The third kappa shape index (κ3) is 15.8. The molecule has 0 unspecified atom stereocenters. The summed E-state index contributed by atoms with van der Waals surface area (Å²) in [6.45, 7) is 15.2. The van der Waals surface area contributed by atoms with Gasteiger partial charge in [-0.25, -0.2) is 19.6 Å². The van der Waals surface area contributed by atoms with Crippen LogP contribution in [0.15, 0.2) is 0 Å². The highest BCUT2D eigenvalue weighted by Crippen LogP contribution is 2.16. The lowest BCUT2D eigenvalue weighted by Crippen LogP contribution is -2.29. The Balaban J connectivity index is 0. The predicted molar refractivity (Wildman–Crippen MR) is 67.5 cm³/mol. The van der Waals surface area contributed by atoms with Gasteiger partial charge in [-0.3, -0.25) is 10.5 Å².